The predicted molar refractivity (Wildman–Crippen MR) is 48.4 cm³/mol. The molecule has 2 aromatic rings. The Balaban J connectivity index is 2.62. The highest BCUT2D eigenvalue weighted by molar-refractivity contribution is 5.70. The summed E-state index contributed by atoms with van der Waals surface area (Å²) in [5.74, 6) is -0.349. The molecule has 2 rings (SSSR count). The zero-order valence-electron chi connectivity index (χ0n) is 6.99. The lowest BCUT2D eigenvalue weighted by Gasteiger charge is -1.98. The third kappa shape index (κ3) is 1.33. The quantitative estimate of drug-likeness (QED) is 0.647. The maximum absolute atomic E-state index is 9.15. The summed E-state index contributed by atoms with van der Waals surface area (Å²) >= 11 is 0. The van der Waals surface area contributed by atoms with E-state index in [1.54, 1.807) is 0 Å². The largest absolute Gasteiger partial charge is 0.512 e. The second-order valence-corrected chi connectivity index (χ2v) is 2.50. The number of rotatable bonds is 1. The van der Waals surface area contributed by atoms with E-state index in [-0.39, 0.29) is 11.5 Å². The zero-order valence-corrected chi connectivity index (χ0v) is 6.99. The number of aliphatic hydroxyl groups is 2. The molecule has 0 amide bonds. The molecule has 14 heavy (non-hydrogen) atoms. The van der Waals surface area contributed by atoms with Crippen molar-refractivity contribution in [2.45, 2.75) is 0 Å². The van der Waals surface area contributed by atoms with Crippen molar-refractivity contribution in [1.29, 1.82) is 0 Å². The van der Waals surface area contributed by atoms with Crippen LogP contribution in [0.4, 0.5) is 0 Å². The summed E-state index contributed by atoms with van der Waals surface area (Å²) in [6.45, 7) is 0. The number of hydrogen-bond donors (Lipinski definition) is 2. The number of hydrogen-bond acceptors (Lipinski definition) is 6. The normalized spacial score (nSPS) is 11.9. The van der Waals surface area contributed by atoms with E-state index >= 15 is 0 Å². The van der Waals surface area contributed by atoms with Crippen LogP contribution in [0.5, 0.6) is 0 Å². The van der Waals surface area contributed by atoms with Crippen molar-refractivity contribution in [3.8, 4) is 0 Å². The standard InChI is InChI=1S/C8H6N4O2/c13-3-7(14)5-2-10-6-1-9-4-11-8(6)12-5/h1-4,13-14H. The van der Waals surface area contributed by atoms with Gasteiger partial charge in [-0.15, -0.1) is 0 Å². The van der Waals surface area contributed by atoms with Gasteiger partial charge >= 0.3 is 0 Å². The van der Waals surface area contributed by atoms with Crippen LogP contribution in [-0.4, -0.2) is 30.1 Å². The fraction of sp³-hybridized carbons (Fsp3) is 0. The molecule has 0 unspecified atom stereocenters. The lowest BCUT2D eigenvalue weighted by atomic mass is 10.4. The predicted octanol–water partition coefficient (Wildman–Crippen LogP) is 0.834. The van der Waals surface area contributed by atoms with Crippen LogP contribution in [0.15, 0.2) is 25.0 Å². The molecule has 0 aliphatic rings. The molecule has 0 aliphatic carbocycles. The number of aliphatic hydroxyl groups excluding tert-OH is 2. The van der Waals surface area contributed by atoms with E-state index in [1.165, 1.54) is 18.7 Å². The minimum Gasteiger partial charge on any atom is -0.512 e. The molecule has 0 saturated carbocycles. The van der Waals surface area contributed by atoms with Gasteiger partial charge in [0.1, 0.15) is 23.8 Å². The Morgan fingerprint density at radius 1 is 1.29 bits per heavy atom. The first kappa shape index (κ1) is 8.36. The van der Waals surface area contributed by atoms with Gasteiger partial charge in [-0.05, 0) is 0 Å². The summed E-state index contributed by atoms with van der Waals surface area (Å²) < 4.78 is 0. The molecule has 0 aliphatic heterocycles. The molecule has 0 spiro atoms. The number of fused-ring (bicyclic) bond motifs is 1. The maximum Gasteiger partial charge on any atom is 0.181 e. The topological polar surface area (TPSA) is 92.0 Å². The molecular formula is C8H6N4O2. The summed E-state index contributed by atoms with van der Waals surface area (Å²) in [5, 5.41) is 17.7. The molecule has 0 bridgehead atoms. The molecule has 70 valence electrons. The first-order valence-electron chi connectivity index (χ1n) is 3.78. The molecule has 2 heterocycles. The SMILES string of the molecule is OC=C(O)c1cnc2cncnc2n1. The molecule has 6 heteroatoms. The monoisotopic (exact) mass is 190 g/mol. The van der Waals surface area contributed by atoms with Gasteiger partial charge in [0.05, 0.1) is 12.4 Å². The molecule has 0 atom stereocenters. The van der Waals surface area contributed by atoms with Crippen molar-refractivity contribution < 1.29 is 10.2 Å². The molecule has 6 nitrogen and oxygen atoms in total. The van der Waals surface area contributed by atoms with E-state index in [0.29, 0.717) is 17.4 Å². The van der Waals surface area contributed by atoms with E-state index in [0.717, 1.165) is 0 Å². The van der Waals surface area contributed by atoms with E-state index in [9.17, 15) is 0 Å². The summed E-state index contributed by atoms with van der Waals surface area (Å²) in [4.78, 5) is 15.5. The van der Waals surface area contributed by atoms with E-state index < -0.39 is 0 Å². The lowest BCUT2D eigenvalue weighted by Crippen LogP contribution is -1.94. The maximum atomic E-state index is 9.15. The fourth-order valence-corrected chi connectivity index (χ4v) is 0.956. The van der Waals surface area contributed by atoms with E-state index in [4.69, 9.17) is 10.2 Å². The molecule has 0 fully saturated rings. The van der Waals surface area contributed by atoms with Gasteiger partial charge in [0, 0.05) is 0 Å². The molecule has 2 aromatic heterocycles. The average Bonchev–Trinajstić information content (AvgIpc) is 2.27. The fourth-order valence-electron chi connectivity index (χ4n) is 0.956. The third-order valence-corrected chi connectivity index (χ3v) is 1.61. The van der Waals surface area contributed by atoms with Crippen LogP contribution in [0.2, 0.25) is 0 Å². The highest BCUT2D eigenvalue weighted by Crippen LogP contribution is 2.09. The van der Waals surface area contributed by atoms with Gasteiger partial charge in [-0.25, -0.2) is 19.9 Å². The molecule has 0 aromatic carbocycles. The summed E-state index contributed by atoms with van der Waals surface area (Å²) in [5.41, 5.74) is 1.06. The second kappa shape index (κ2) is 3.25. The van der Waals surface area contributed by atoms with Crippen molar-refractivity contribution >= 4 is 16.9 Å². The summed E-state index contributed by atoms with van der Waals surface area (Å²) in [7, 11) is 0. The van der Waals surface area contributed by atoms with Crippen LogP contribution in [0.25, 0.3) is 16.9 Å². The first-order chi connectivity index (χ1) is 6.81. The highest BCUT2D eigenvalue weighted by atomic mass is 16.3. The molecule has 0 saturated heterocycles. The Morgan fingerprint density at radius 2 is 2.14 bits per heavy atom. The van der Waals surface area contributed by atoms with Crippen molar-refractivity contribution in [1.82, 2.24) is 19.9 Å². The van der Waals surface area contributed by atoms with Gasteiger partial charge in [0.25, 0.3) is 0 Å². The van der Waals surface area contributed by atoms with Gasteiger partial charge in [-0.3, -0.25) is 0 Å². The van der Waals surface area contributed by atoms with Crippen LogP contribution in [-0.2, 0) is 0 Å². The smallest absolute Gasteiger partial charge is 0.181 e. The van der Waals surface area contributed by atoms with E-state index in [1.807, 2.05) is 0 Å². The van der Waals surface area contributed by atoms with Crippen LogP contribution in [0.3, 0.4) is 0 Å². The van der Waals surface area contributed by atoms with Gasteiger partial charge < -0.3 is 10.2 Å². The van der Waals surface area contributed by atoms with E-state index in [2.05, 4.69) is 19.9 Å². The van der Waals surface area contributed by atoms with Crippen molar-refractivity contribution in [2.75, 3.05) is 0 Å². The van der Waals surface area contributed by atoms with Gasteiger partial charge in [0.2, 0.25) is 0 Å². The van der Waals surface area contributed by atoms with Crippen LogP contribution in [0, 0.1) is 0 Å². The van der Waals surface area contributed by atoms with Gasteiger partial charge in [0.15, 0.2) is 11.4 Å². The van der Waals surface area contributed by atoms with Crippen molar-refractivity contribution in [3.63, 3.8) is 0 Å². The zero-order chi connectivity index (χ0) is 9.97. The Morgan fingerprint density at radius 3 is 2.93 bits per heavy atom. The Kier molecular flexibility index (Phi) is 1.94. The second-order valence-electron chi connectivity index (χ2n) is 2.50. The van der Waals surface area contributed by atoms with Crippen LogP contribution < -0.4 is 0 Å². The Hall–Kier alpha value is -2.24. The van der Waals surface area contributed by atoms with Crippen molar-refractivity contribution in [3.05, 3.63) is 30.7 Å². The van der Waals surface area contributed by atoms with Gasteiger partial charge in [-0.2, -0.15) is 0 Å². The molecular weight excluding hydrogens is 184 g/mol. The first-order valence-corrected chi connectivity index (χ1v) is 3.78. The minimum atomic E-state index is -0.349. The minimum absolute atomic E-state index is 0.165. The Labute approximate surface area is 78.6 Å². The van der Waals surface area contributed by atoms with Crippen LogP contribution in [0.1, 0.15) is 5.69 Å². The third-order valence-electron chi connectivity index (χ3n) is 1.61. The summed E-state index contributed by atoms with van der Waals surface area (Å²) in [6, 6.07) is 0. The molecule has 2 N–H and O–H groups in total. The van der Waals surface area contributed by atoms with Crippen molar-refractivity contribution in [2.24, 2.45) is 0 Å². The number of aromatic nitrogens is 4. The summed E-state index contributed by atoms with van der Waals surface area (Å²) in [6.07, 6.45) is 4.73. The van der Waals surface area contributed by atoms with Gasteiger partial charge in [-0.1, -0.05) is 0 Å². The van der Waals surface area contributed by atoms with Crippen LogP contribution >= 0.6 is 0 Å². The highest BCUT2D eigenvalue weighted by Gasteiger charge is 2.03. The molecule has 0 radical (unpaired) electrons. The number of nitrogens with zero attached hydrogens (tertiary/aromatic N) is 4. The Bertz CT molecular complexity index is 497. The average molecular weight is 190 g/mol. The lowest BCUT2D eigenvalue weighted by molar-refractivity contribution is 0.430.